The first kappa shape index (κ1) is 15.3. The Morgan fingerprint density at radius 2 is 0.909 bits per heavy atom. The second-order valence-corrected chi connectivity index (χ2v) is 18.3. The summed E-state index contributed by atoms with van der Waals surface area (Å²) >= 11 is 1.41. The van der Waals surface area contributed by atoms with E-state index in [0.717, 1.165) is 0 Å². The topological polar surface area (TPSA) is 12.4 Å². The van der Waals surface area contributed by atoms with Crippen LogP contribution >= 0.6 is 12.2 Å². The van der Waals surface area contributed by atoms with Crippen molar-refractivity contribution >= 4 is 48.2 Å². The van der Waals surface area contributed by atoms with Crippen molar-refractivity contribution in [1.29, 1.82) is 0 Å². The summed E-state index contributed by atoms with van der Waals surface area (Å²) in [6.07, 6.45) is 0. The van der Waals surface area contributed by atoms with Crippen LogP contribution in [-0.2, 0) is 0 Å². The van der Waals surface area contributed by atoms with Gasteiger partial charge in [-0.1, -0.05) is 0 Å². The summed E-state index contributed by atoms with van der Waals surface area (Å²) in [4.78, 5) is 0. The van der Waals surface area contributed by atoms with Gasteiger partial charge in [0.25, 0.3) is 0 Å². The summed E-state index contributed by atoms with van der Waals surface area (Å²) in [5.41, 5.74) is 0. The number of thiocarbonyl (C=S) groups is 1. The quantitative estimate of drug-likeness (QED) is 0.308. The molecule has 0 N–H and O–H groups in total. The van der Waals surface area contributed by atoms with Gasteiger partial charge in [-0.2, -0.15) is 0 Å². The number of hydrogen-bond acceptors (Lipinski definition) is 2. The molecule has 3 aromatic carbocycles. The van der Waals surface area contributed by atoms with Gasteiger partial charge in [0.15, 0.2) is 0 Å². The molecule has 0 spiro atoms. The third kappa shape index (κ3) is 2.82. The van der Waals surface area contributed by atoms with Gasteiger partial charge in [0.1, 0.15) is 0 Å². The first-order chi connectivity index (χ1) is 10.9. The predicted molar refractivity (Wildman–Crippen MR) is 99.0 cm³/mol. The van der Waals surface area contributed by atoms with E-state index in [-0.39, 0.29) is 0 Å². The summed E-state index contributed by atoms with van der Waals surface area (Å²) in [5, 5.41) is 2.71. The Hall–Kier alpha value is -1.62. The number of isothiocyanates is 1. The Labute approximate surface area is 141 Å². The molecule has 3 heteroatoms. The van der Waals surface area contributed by atoms with Crippen molar-refractivity contribution in [1.82, 2.24) is 0 Å². The molecule has 0 amide bonds. The summed E-state index contributed by atoms with van der Waals surface area (Å²) < 4.78 is 8.74. The molecule has 0 unspecified atom stereocenters. The van der Waals surface area contributed by atoms with E-state index in [1.54, 1.807) is 0 Å². The Morgan fingerprint density at radius 1 is 0.591 bits per heavy atom. The molecular weight excluding hydrogens is 481 g/mol. The van der Waals surface area contributed by atoms with Crippen molar-refractivity contribution in [2.45, 2.75) is 0 Å². The molecule has 0 aromatic heterocycles. The monoisotopic (exact) mass is 497 g/mol. The maximum absolute atomic E-state index is 5.04. The minimum atomic E-state index is -3.63. The van der Waals surface area contributed by atoms with Crippen LogP contribution in [0.5, 0.6) is 0 Å². The summed E-state index contributed by atoms with van der Waals surface area (Å²) in [7, 11) is 0. The summed E-state index contributed by atoms with van der Waals surface area (Å²) in [5.74, 6) is 0. The van der Waals surface area contributed by atoms with Gasteiger partial charge in [-0.15, -0.1) is 0 Å². The fourth-order valence-electron chi connectivity index (χ4n) is 2.80. The zero-order chi connectivity index (χ0) is 15.3. The molecule has 0 bridgehead atoms. The molecule has 0 fully saturated rings. The molecular formula is C19H15NPbS. The summed E-state index contributed by atoms with van der Waals surface area (Å²) in [6, 6.07) is 31.7. The van der Waals surface area contributed by atoms with Crippen molar-refractivity contribution in [3.8, 4) is 0 Å². The van der Waals surface area contributed by atoms with Crippen LogP contribution in [0.15, 0.2) is 93.8 Å². The predicted octanol–water partition coefficient (Wildman–Crippen LogP) is 2.76. The van der Waals surface area contributed by atoms with Gasteiger partial charge in [0, 0.05) is 0 Å². The molecule has 0 heterocycles. The zero-order valence-electron chi connectivity index (χ0n) is 12.0. The minimum absolute atomic E-state index is 1.30. The second-order valence-electron chi connectivity index (χ2n) is 5.01. The van der Waals surface area contributed by atoms with Crippen LogP contribution in [0.2, 0.25) is 0 Å². The Morgan fingerprint density at radius 3 is 1.18 bits per heavy atom. The number of rotatable bonds is 4. The first-order valence-corrected chi connectivity index (χ1v) is 15.1. The van der Waals surface area contributed by atoms with E-state index in [1.165, 1.54) is 9.37 Å². The van der Waals surface area contributed by atoms with Gasteiger partial charge in [-0.25, -0.2) is 0 Å². The van der Waals surface area contributed by atoms with Gasteiger partial charge in [-0.3, -0.25) is 0 Å². The van der Waals surface area contributed by atoms with E-state index < -0.39 is 21.5 Å². The second kappa shape index (κ2) is 7.10. The molecule has 0 aliphatic heterocycles. The van der Waals surface area contributed by atoms with Gasteiger partial charge in [-0.05, 0) is 0 Å². The fourth-order valence-corrected chi connectivity index (χ4v) is 17.8. The molecule has 0 aliphatic rings. The van der Waals surface area contributed by atoms with Crippen LogP contribution in [0.1, 0.15) is 0 Å². The molecule has 22 heavy (non-hydrogen) atoms. The van der Waals surface area contributed by atoms with Crippen LogP contribution in [0.25, 0.3) is 0 Å². The van der Waals surface area contributed by atoms with E-state index in [2.05, 4.69) is 78.0 Å². The molecule has 1 nitrogen and oxygen atoms in total. The van der Waals surface area contributed by atoms with Crippen LogP contribution in [0, 0.1) is 0 Å². The molecule has 0 aliphatic carbocycles. The molecule has 3 rings (SSSR count). The third-order valence-electron chi connectivity index (χ3n) is 3.79. The van der Waals surface area contributed by atoms with Gasteiger partial charge < -0.3 is 0 Å². The Bertz CT molecular complexity index is 685. The number of benzene rings is 3. The van der Waals surface area contributed by atoms with E-state index >= 15 is 0 Å². The summed E-state index contributed by atoms with van der Waals surface area (Å²) in [6.45, 7) is 0. The zero-order valence-corrected chi connectivity index (χ0v) is 16.7. The van der Waals surface area contributed by atoms with Crippen LogP contribution in [0.3, 0.4) is 0 Å². The first-order valence-electron chi connectivity index (χ1n) is 7.13. The van der Waals surface area contributed by atoms with Gasteiger partial charge in [0.05, 0.1) is 0 Å². The average Bonchev–Trinajstić information content (AvgIpc) is 2.62. The number of hydrogen-bond donors (Lipinski definition) is 0. The van der Waals surface area contributed by atoms with Crippen molar-refractivity contribution < 1.29 is 0 Å². The maximum atomic E-state index is 5.04. The molecule has 0 atom stereocenters. The Balaban J connectivity index is 2.37. The number of nitrogens with zero attached hydrogens (tertiary/aromatic N) is 1. The normalized spacial score (nSPS) is 10.7. The molecule has 106 valence electrons. The molecule has 0 saturated heterocycles. The van der Waals surface area contributed by atoms with Crippen molar-refractivity contribution in [3.05, 3.63) is 91.0 Å². The van der Waals surface area contributed by atoms with Crippen LogP contribution in [-0.4, -0.2) is 26.6 Å². The van der Waals surface area contributed by atoms with Crippen molar-refractivity contribution in [2.75, 3.05) is 0 Å². The van der Waals surface area contributed by atoms with Crippen LogP contribution < -0.4 is 9.37 Å². The average molecular weight is 497 g/mol. The standard InChI is InChI=1S/3C6H5.CNS.Pb/c3*1-2-4-6-5-3-1;2-1-3;/h3*1-5H;;/q;;;-1;+1. The Kier molecular flexibility index (Phi) is 4.93. The van der Waals surface area contributed by atoms with Crippen molar-refractivity contribution in [3.63, 3.8) is 0 Å². The molecule has 0 saturated carbocycles. The third-order valence-corrected chi connectivity index (χ3v) is 19.9. The van der Waals surface area contributed by atoms with Gasteiger partial charge in [0.2, 0.25) is 0 Å². The van der Waals surface area contributed by atoms with E-state index in [9.17, 15) is 0 Å². The van der Waals surface area contributed by atoms with Crippen molar-refractivity contribution in [2.24, 2.45) is 2.80 Å². The SMILES string of the molecule is S=C=[N][Pb]([c]1ccccc1)([c]1ccccc1)[c]1ccccc1. The van der Waals surface area contributed by atoms with E-state index in [0.29, 0.717) is 0 Å². The van der Waals surface area contributed by atoms with Crippen LogP contribution in [0.4, 0.5) is 0 Å². The van der Waals surface area contributed by atoms with E-state index in [1.807, 2.05) is 18.2 Å². The fraction of sp³-hybridized carbons (Fsp3) is 0. The molecule has 3 aromatic rings. The van der Waals surface area contributed by atoms with E-state index in [4.69, 9.17) is 15.0 Å². The molecule has 0 radical (unpaired) electrons. The van der Waals surface area contributed by atoms with Gasteiger partial charge >= 0.3 is 142 Å².